The van der Waals surface area contributed by atoms with Crippen LogP contribution < -0.4 is 16.0 Å². The number of alkyl halides is 6. The molecule has 2 aromatic heterocycles. The summed E-state index contributed by atoms with van der Waals surface area (Å²) in [6.45, 7) is 1.93. The summed E-state index contributed by atoms with van der Waals surface area (Å²) in [6, 6.07) is 9.11. The topological polar surface area (TPSA) is 79.7 Å². The Labute approximate surface area is 225 Å². The predicted molar refractivity (Wildman–Crippen MR) is 139 cm³/mol. The standard InChI is InChI=1S/C27H25F6N7/c1-40-15-18(13-36-40)23-14-35-25(38-22-11-19(26(28,29)30)10-20(12-22)27(31,32)33)39-24(23)37-21-4-2-16(3-5-21)17-6-8-34-9-7-17/h2-5,10-15,17,34H,6-9H2,1H3,(H2,35,37,38,39). The van der Waals surface area contributed by atoms with E-state index in [4.69, 9.17) is 0 Å². The molecule has 1 fully saturated rings. The number of aryl methyl sites for hydroxylation is 1. The highest BCUT2D eigenvalue weighted by Crippen LogP contribution is 2.38. The number of rotatable bonds is 6. The van der Waals surface area contributed by atoms with Crippen molar-refractivity contribution < 1.29 is 26.3 Å². The number of benzene rings is 2. The van der Waals surface area contributed by atoms with Crippen LogP contribution in [0.25, 0.3) is 11.1 Å². The Balaban J connectivity index is 1.47. The van der Waals surface area contributed by atoms with E-state index in [0.29, 0.717) is 40.7 Å². The first kappa shape index (κ1) is 27.4. The van der Waals surface area contributed by atoms with Crippen molar-refractivity contribution in [3.63, 3.8) is 0 Å². The summed E-state index contributed by atoms with van der Waals surface area (Å²) in [6.07, 6.45) is -3.10. The predicted octanol–water partition coefficient (Wildman–Crippen LogP) is 6.87. The molecule has 13 heteroatoms. The van der Waals surface area contributed by atoms with Crippen molar-refractivity contribution in [2.45, 2.75) is 31.1 Å². The van der Waals surface area contributed by atoms with Crippen LogP contribution in [0.1, 0.15) is 35.4 Å². The molecule has 2 aromatic carbocycles. The van der Waals surface area contributed by atoms with E-state index in [1.54, 1.807) is 24.1 Å². The quantitative estimate of drug-likeness (QED) is 0.223. The van der Waals surface area contributed by atoms with Gasteiger partial charge in [-0.2, -0.15) is 36.4 Å². The van der Waals surface area contributed by atoms with Gasteiger partial charge in [-0.25, -0.2) is 4.98 Å². The van der Waals surface area contributed by atoms with Gasteiger partial charge in [0.2, 0.25) is 5.95 Å². The van der Waals surface area contributed by atoms with Crippen LogP contribution in [-0.4, -0.2) is 32.8 Å². The van der Waals surface area contributed by atoms with Crippen LogP contribution in [0.15, 0.2) is 61.1 Å². The molecule has 210 valence electrons. The third-order valence-electron chi connectivity index (χ3n) is 6.63. The number of hydrogen-bond donors (Lipinski definition) is 3. The number of aromatic nitrogens is 4. The number of piperidine rings is 1. The minimum absolute atomic E-state index is 0.0675. The third kappa shape index (κ3) is 6.36. The molecule has 7 nitrogen and oxygen atoms in total. The number of anilines is 4. The van der Waals surface area contributed by atoms with E-state index in [0.717, 1.165) is 25.9 Å². The number of halogens is 6. The van der Waals surface area contributed by atoms with Gasteiger partial charge in [0.1, 0.15) is 5.82 Å². The molecule has 0 amide bonds. The average molecular weight is 562 g/mol. The zero-order valence-electron chi connectivity index (χ0n) is 21.2. The second kappa shape index (κ2) is 10.8. The molecule has 0 aliphatic carbocycles. The Hall–Kier alpha value is -4.13. The zero-order chi connectivity index (χ0) is 28.5. The second-order valence-corrected chi connectivity index (χ2v) is 9.55. The van der Waals surface area contributed by atoms with Gasteiger partial charge in [0, 0.05) is 41.9 Å². The molecule has 0 saturated carbocycles. The highest BCUT2D eigenvalue weighted by molar-refractivity contribution is 5.78. The van der Waals surface area contributed by atoms with Crippen LogP contribution in [-0.2, 0) is 19.4 Å². The van der Waals surface area contributed by atoms with Crippen LogP contribution in [0.5, 0.6) is 0 Å². The van der Waals surface area contributed by atoms with Crippen LogP contribution in [0.2, 0.25) is 0 Å². The third-order valence-corrected chi connectivity index (χ3v) is 6.63. The average Bonchev–Trinajstić information content (AvgIpc) is 3.34. The molecule has 4 aromatic rings. The maximum Gasteiger partial charge on any atom is 0.416 e. The van der Waals surface area contributed by atoms with E-state index in [2.05, 4.69) is 31.0 Å². The van der Waals surface area contributed by atoms with E-state index >= 15 is 0 Å². The van der Waals surface area contributed by atoms with Crippen molar-refractivity contribution in [1.82, 2.24) is 25.1 Å². The minimum Gasteiger partial charge on any atom is -0.340 e. The van der Waals surface area contributed by atoms with Gasteiger partial charge in [0.05, 0.1) is 17.3 Å². The molecule has 0 unspecified atom stereocenters. The summed E-state index contributed by atoms with van der Waals surface area (Å²) in [7, 11) is 1.73. The highest BCUT2D eigenvalue weighted by Gasteiger charge is 2.37. The minimum atomic E-state index is -4.98. The molecule has 3 heterocycles. The molecule has 1 aliphatic heterocycles. The maximum atomic E-state index is 13.3. The van der Waals surface area contributed by atoms with Gasteiger partial charge in [-0.1, -0.05) is 12.1 Å². The summed E-state index contributed by atoms with van der Waals surface area (Å²) in [5.74, 6) is 0.571. The van der Waals surface area contributed by atoms with Gasteiger partial charge in [-0.3, -0.25) is 4.68 Å². The van der Waals surface area contributed by atoms with Crippen LogP contribution in [0.4, 0.5) is 49.5 Å². The van der Waals surface area contributed by atoms with Crippen LogP contribution in [0.3, 0.4) is 0 Å². The van der Waals surface area contributed by atoms with Crippen LogP contribution >= 0.6 is 0 Å². The summed E-state index contributed by atoms with van der Waals surface area (Å²) >= 11 is 0. The van der Waals surface area contributed by atoms with Crippen molar-refractivity contribution in [3.05, 3.63) is 77.7 Å². The Morgan fingerprint density at radius 3 is 2.08 bits per heavy atom. The first-order valence-corrected chi connectivity index (χ1v) is 12.5. The lowest BCUT2D eigenvalue weighted by Gasteiger charge is -2.23. The molecular formula is C27H25F6N7. The molecule has 0 radical (unpaired) electrons. The largest absolute Gasteiger partial charge is 0.416 e. The van der Waals surface area contributed by atoms with E-state index in [-0.39, 0.29) is 12.0 Å². The molecule has 1 aliphatic rings. The van der Waals surface area contributed by atoms with Crippen molar-refractivity contribution in [1.29, 1.82) is 0 Å². The second-order valence-electron chi connectivity index (χ2n) is 9.55. The van der Waals surface area contributed by atoms with Crippen LogP contribution in [0, 0.1) is 0 Å². The Morgan fingerprint density at radius 1 is 0.850 bits per heavy atom. The summed E-state index contributed by atoms with van der Waals surface area (Å²) in [5.41, 5.74) is -0.204. The molecule has 0 spiro atoms. The lowest BCUT2D eigenvalue weighted by atomic mass is 9.90. The fraction of sp³-hybridized carbons (Fsp3) is 0.296. The number of hydrogen-bond acceptors (Lipinski definition) is 6. The molecular weight excluding hydrogens is 536 g/mol. The molecule has 3 N–H and O–H groups in total. The normalized spacial score (nSPS) is 14.8. The Bertz CT molecular complexity index is 1440. The summed E-state index contributed by atoms with van der Waals surface area (Å²) in [5, 5.41) is 13.2. The lowest BCUT2D eigenvalue weighted by molar-refractivity contribution is -0.143. The SMILES string of the molecule is Cn1cc(-c2cnc(Nc3cc(C(F)(F)F)cc(C(F)(F)F)c3)nc2Nc2ccc(C3CCNCC3)cc2)cn1. The number of nitrogens with zero attached hydrogens (tertiary/aromatic N) is 4. The van der Waals surface area contributed by atoms with E-state index < -0.39 is 29.2 Å². The maximum absolute atomic E-state index is 13.3. The number of nitrogens with one attached hydrogen (secondary N) is 3. The van der Waals surface area contributed by atoms with Crippen molar-refractivity contribution in [2.75, 3.05) is 23.7 Å². The molecule has 40 heavy (non-hydrogen) atoms. The van der Waals surface area contributed by atoms with E-state index in [9.17, 15) is 26.3 Å². The first-order chi connectivity index (χ1) is 19.0. The molecule has 1 saturated heterocycles. The van der Waals surface area contributed by atoms with Crippen molar-refractivity contribution in [3.8, 4) is 11.1 Å². The van der Waals surface area contributed by atoms with Crippen molar-refractivity contribution in [2.24, 2.45) is 7.05 Å². The first-order valence-electron chi connectivity index (χ1n) is 12.5. The van der Waals surface area contributed by atoms with E-state index in [1.807, 2.05) is 24.3 Å². The van der Waals surface area contributed by atoms with Gasteiger partial charge in [0.15, 0.2) is 0 Å². The van der Waals surface area contributed by atoms with Gasteiger partial charge in [0.25, 0.3) is 0 Å². The zero-order valence-corrected chi connectivity index (χ0v) is 21.2. The van der Waals surface area contributed by atoms with E-state index in [1.165, 1.54) is 11.8 Å². The van der Waals surface area contributed by atoms with Gasteiger partial charge in [-0.15, -0.1) is 0 Å². The van der Waals surface area contributed by atoms with Gasteiger partial charge < -0.3 is 16.0 Å². The molecule has 5 rings (SSSR count). The summed E-state index contributed by atoms with van der Waals surface area (Å²) in [4.78, 5) is 8.56. The summed E-state index contributed by atoms with van der Waals surface area (Å²) < 4.78 is 81.5. The smallest absolute Gasteiger partial charge is 0.340 e. The fourth-order valence-electron chi connectivity index (χ4n) is 4.60. The monoisotopic (exact) mass is 561 g/mol. The fourth-order valence-corrected chi connectivity index (χ4v) is 4.60. The Morgan fingerprint density at radius 2 is 1.50 bits per heavy atom. The highest BCUT2D eigenvalue weighted by atomic mass is 19.4. The van der Waals surface area contributed by atoms with Gasteiger partial charge >= 0.3 is 12.4 Å². The Kier molecular flexibility index (Phi) is 7.41. The van der Waals surface area contributed by atoms with Crippen molar-refractivity contribution >= 4 is 23.1 Å². The molecule has 0 bridgehead atoms. The lowest BCUT2D eigenvalue weighted by Crippen LogP contribution is -2.26. The molecule has 0 atom stereocenters. The van der Waals surface area contributed by atoms with Gasteiger partial charge in [-0.05, 0) is 67.7 Å².